The maximum Gasteiger partial charge on any atom is 0.186 e. The lowest BCUT2D eigenvalue weighted by Crippen LogP contribution is -2.40. The summed E-state index contributed by atoms with van der Waals surface area (Å²) in [6.45, 7) is -0.211. The fraction of sp³-hybridized carbons (Fsp3) is 0.280. The molecule has 5 heteroatoms. The van der Waals surface area contributed by atoms with Gasteiger partial charge in [-0.05, 0) is 16.7 Å². The Balaban J connectivity index is 1.78. The van der Waals surface area contributed by atoms with Crippen LogP contribution in [0.25, 0.3) is 0 Å². The van der Waals surface area contributed by atoms with Crippen LogP contribution in [0.15, 0.2) is 91.0 Å². The lowest BCUT2D eigenvalue weighted by Gasteiger charge is -2.36. The Morgan fingerprint density at radius 2 is 1.13 bits per heavy atom. The molecule has 1 heterocycles. The molecule has 3 N–H and O–H groups in total. The van der Waals surface area contributed by atoms with E-state index in [0.717, 1.165) is 16.7 Å². The molecule has 0 aromatic heterocycles. The van der Waals surface area contributed by atoms with Crippen molar-refractivity contribution in [1.82, 2.24) is 0 Å². The molecule has 0 saturated carbocycles. The first kappa shape index (κ1) is 20.7. The molecule has 4 atom stereocenters. The largest absolute Gasteiger partial charge is 0.394 e. The molecule has 0 aliphatic carbocycles. The van der Waals surface area contributed by atoms with Gasteiger partial charge in [0.25, 0.3) is 0 Å². The molecule has 1 saturated heterocycles. The fourth-order valence-electron chi connectivity index (χ4n) is 4.13. The number of aliphatic hydroxyl groups excluding tert-OH is 3. The molecule has 4 rings (SSSR count). The van der Waals surface area contributed by atoms with Gasteiger partial charge in [-0.3, -0.25) is 0 Å². The van der Waals surface area contributed by atoms with Gasteiger partial charge >= 0.3 is 0 Å². The van der Waals surface area contributed by atoms with Crippen LogP contribution in [0.2, 0.25) is 0 Å². The average Bonchev–Trinajstić information content (AvgIpc) is 3.09. The second-order valence-electron chi connectivity index (χ2n) is 7.52. The molecule has 0 bridgehead atoms. The van der Waals surface area contributed by atoms with Gasteiger partial charge in [-0.25, -0.2) is 0 Å². The Bertz CT molecular complexity index is 819. The SMILES string of the molecule is OC[C@H]1OC(OCC(c2ccccc2)(c2ccccc2)c2ccccc2)[C@H](O)[C@H]1O. The topological polar surface area (TPSA) is 79.2 Å². The van der Waals surface area contributed by atoms with Crippen LogP contribution in [0.5, 0.6) is 0 Å². The minimum atomic E-state index is -1.23. The van der Waals surface area contributed by atoms with E-state index in [1.165, 1.54) is 0 Å². The molecule has 1 unspecified atom stereocenters. The minimum absolute atomic E-state index is 0.178. The van der Waals surface area contributed by atoms with Gasteiger partial charge in [0.1, 0.15) is 18.3 Å². The predicted octanol–water partition coefficient (Wildman–Crippen LogP) is 2.48. The number of rotatable bonds is 7. The third kappa shape index (κ3) is 3.78. The van der Waals surface area contributed by atoms with Crippen molar-refractivity contribution in [3.63, 3.8) is 0 Å². The number of benzene rings is 3. The summed E-state index contributed by atoms with van der Waals surface area (Å²) < 4.78 is 11.7. The first-order chi connectivity index (χ1) is 14.7. The highest BCUT2D eigenvalue weighted by atomic mass is 16.7. The zero-order valence-electron chi connectivity index (χ0n) is 16.5. The molecule has 1 aliphatic heterocycles. The van der Waals surface area contributed by atoms with E-state index >= 15 is 0 Å². The van der Waals surface area contributed by atoms with Crippen LogP contribution in [0.4, 0.5) is 0 Å². The van der Waals surface area contributed by atoms with Gasteiger partial charge < -0.3 is 24.8 Å². The third-order valence-corrected chi connectivity index (χ3v) is 5.76. The molecule has 0 amide bonds. The Hall–Kier alpha value is -2.54. The zero-order valence-corrected chi connectivity index (χ0v) is 16.5. The van der Waals surface area contributed by atoms with Crippen molar-refractivity contribution in [2.45, 2.75) is 30.0 Å². The maximum atomic E-state index is 10.4. The van der Waals surface area contributed by atoms with Gasteiger partial charge in [0, 0.05) is 0 Å². The first-order valence-electron chi connectivity index (χ1n) is 10.1. The molecular formula is C25H26O5. The number of hydrogen-bond acceptors (Lipinski definition) is 5. The Morgan fingerprint density at radius 3 is 1.50 bits per heavy atom. The van der Waals surface area contributed by atoms with Crippen LogP contribution in [0, 0.1) is 0 Å². The van der Waals surface area contributed by atoms with Gasteiger partial charge in [0.05, 0.1) is 18.6 Å². The first-order valence-corrected chi connectivity index (χ1v) is 10.1. The molecular weight excluding hydrogens is 380 g/mol. The summed E-state index contributed by atoms with van der Waals surface area (Å²) in [6, 6.07) is 30.2. The summed E-state index contributed by atoms with van der Waals surface area (Å²) in [6.07, 6.45) is -4.33. The smallest absolute Gasteiger partial charge is 0.186 e. The highest BCUT2D eigenvalue weighted by molar-refractivity contribution is 5.50. The van der Waals surface area contributed by atoms with Crippen LogP contribution in [-0.4, -0.2) is 53.1 Å². The molecule has 30 heavy (non-hydrogen) atoms. The standard InChI is InChI=1S/C25H26O5/c26-16-21-22(27)23(28)24(30-21)29-17-25(18-10-4-1-5-11-18,19-12-6-2-7-13-19)20-14-8-3-9-15-20/h1-15,21-24,26-28H,16-17H2/t21-,22+,23-,24?/m1/s1. The number of ether oxygens (including phenoxy) is 2. The van der Waals surface area contributed by atoms with Crippen molar-refractivity contribution < 1.29 is 24.8 Å². The Kier molecular flexibility index (Phi) is 6.27. The molecule has 156 valence electrons. The third-order valence-electron chi connectivity index (χ3n) is 5.76. The van der Waals surface area contributed by atoms with Crippen molar-refractivity contribution in [2.75, 3.05) is 13.2 Å². The molecule has 5 nitrogen and oxygen atoms in total. The van der Waals surface area contributed by atoms with Crippen LogP contribution in [0.3, 0.4) is 0 Å². The van der Waals surface area contributed by atoms with Gasteiger partial charge in [0.15, 0.2) is 6.29 Å². The van der Waals surface area contributed by atoms with E-state index in [2.05, 4.69) is 36.4 Å². The lowest BCUT2D eigenvalue weighted by atomic mass is 9.70. The van der Waals surface area contributed by atoms with Gasteiger partial charge in [-0.15, -0.1) is 0 Å². The van der Waals surface area contributed by atoms with E-state index in [1.54, 1.807) is 0 Å². The summed E-state index contributed by atoms with van der Waals surface area (Å²) in [7, 11) is 0. The van der Waals surface area contributed by atoms with Crippen molar-refractivity contribution in [2.24, 2.45) is 0 Å². The van der Waals surface area contributed by atoms with Crippen molar-refractivity contribution in [1.29, 1.82) is 0 Å². The number of hydrogen-bond donors (Lipinski definition) is 3. The predicted molar refractivity (Wildman–Crippen MR) is 113 cm³/mol. The van der Waals surface area contributed by atoms with E-state index in [9.17, 15) is 15.3 Å². The monoisotopic (exact) mass is 406 g/mol. The van der Waals surface area contributed by atoms with E-state index in [0.29, 0.717) is 0 Å². The highest BCUT2D eigenvalue weighted by Crippen LogP contribution is 2.40. The van der Waals surface area contributed by atoms with Crippen molar-refractivity contribution in [3.8, 4) is 0 Å². The van der Waals surface area contributed by atoms with Crippen LogP contribution < -0.4 is 0 Å². The summed E-state index contributed by atoms with van der Waals surface area (Å²) in [5.74, 6) is 0. The lowest BCUT2D eigenvalue weighted by molar-refractivity contribution is -0.174. The van der Waals surface area contributed by atoms with Gasteiger partial charge in [0.2, 0.25) is 0 Å². The van der Waals surface area contributed by atoms with Crippen LogP contribution in [0.1, 0.15) is 16.7 Å². The summed E-state index contributed by atoms with van der Waals surface area (Å²) >= 11 is 0. The fourth-order valence-corrected chi connectivity index (χ4v) is 4.13. The molecule has 0 radical (unpaired) electrons. The second-order valence-corrected chi connectivity index (χ2v) is 7.52. The molecule has 3 aromatic rings. The van der Waals surface area contributed by atoms with E-state index in [1.807, 2.05) is 54.6 Å². The number of aliphatic hydroxyl groups is 3. The van der Waals surface area contributed by atoms with Gasteiger partial charge in [-0.1, -0.05) is 91.0 Å². The van der Waals surface area contributed by atoms with Crippen LogP contribution in [-0.2, 0) is 14.9 Å². The average molecular weight is 406 g/mol. The molecule has 0 spiro atoms. The molecule has 1 aliphatic rings. The summed E-state index contributed by atoms with van der Waals surface area (Å²) in [4.78, 5) is 0. The second kappa shape index (κ2) is 9.08. The van der Waals surface area contributed by atoms with Crippen molar-refractivity contribution >= 4 is 0 Å². The Morgan fingerprint density at radius 1 is 0.700 bits per heavy atom. The van der Waals surface area contributed by atoms with Gasteiger partial charge in [-0.2, -0.15) is 0 Å². The van der Waals surface area contributed by atoms with Crippen LogP contribution >= 0.6 is 0 Å². The summed E-state index contributed by atoms with van der Waals surface area (Å²) in [5.41, 5.74) is 2.45. The van der Waals surface area contributed by atoms with E-state index in [4.69, 9.17) is 9.47 Å². The van der Waals surface area contributed by atoms with E-state index in [-0.39, 0.29) is 13.2 Å². The van der Waals surface area contributed by atoms with E-state index < -0.39 is 30.0 Å². The zero-order chi connectivity index (χ0) is 21.0. The summed E-state index contributed by atoms with van der Waals surface area (Å²) in [5, 5.41) is 29.8. The highest BCUT2D eigenvalue weighted by Gasteiger charge is 2.45. The quantitative estimate of drug-likeness (QED) is 0.526. The normalized spacial score (nSPS) is 24.1. The maximum absolute atomic E-state index is 10.4. The Labute approximate surface area is 176 Å². The minimum Gasteiger partial charge on any atom is -0.394 e. The molecule has 1 fully saturated rings. The molecule has 3 aromatic carbocycles. The van der Waals surface area contributed by atoms with Crippen molar-refractivity contribution in [3.05, 3.63) is 108 Å².